The Kier molecular flexibility index (Phi) is 4.80. The number of carbonyl (C=O) groups excluding carboxylic acids is 2. The molecule has 126 valence electrons. The van der Waals surface area contributed by atoms with Crippen molar-refractivity contribution in [2.24, 2.45) is 0 Å². The van der Waals surface area contributed by atoms with Crippen LogP contribution in [-0.2, 0) is 29.0 Å². The lowest BCUT2D eigenvalue weighted by molar-refractivity contribution is -0.131. The van der Waals surface area contributed by atoms with E-state index in [1.807, 2.05) is 28.5 Å². The second-order valence-electron chi connectivity index (χ2n) is 5.70. The molecule has 2 aromatic rings. The third-order valence-corrected chi connectivity index (χ3v) is 4.75. The molecule has 2 amide bonds. The molecule has 6 nitrogen and oxygen atoms in total. The Morgan fingerprint density at radius 1 is 1.38 bits per heavy atom. The molecule has 0 radical (unpaired) electrons. The standard InChI is InChI=1S/C17H19N3O3S/c1-11(21)18-17-19-14(10-24-17)8-16(22)20-6-5-12-7-15(23-2)4-3-13(12)9-20/h3-4,7,10H,5-6,8-9H2,1-2H3,(H,18,19,21). The number of ether oxygens (including phenoxy) is 1. The van der Waals surface area contributed by atoms with Gasteiger partial charge in [0.2, 0.25) is 11.8 Å². The molecule has 1 aromatic carbocycles. The van der Waals surface area contributed by atoms with Crippen LogP contribution in [0.4, 0.5) is 5.13 Å². The van der Waals surface area contributed by atoms with Gasteiger partial charge in [-0.2, -0.15) is 0 Å². The van der Waals surface area contributed by atoms with Crippen molar-refractivity contribution >= 4 is 28.3 Å². The van der Waals surface area contributed by atoms with Gasteiger partial charge < -0.3 is 15.0 Å². The van der Waals surface area contributed by atoms with Gasteiger partial charge in [-0.15, -0.1) is 11.3 Å². The normalized spacial score (nSPS) is 13.3. The number of fused-ring (bicyclic) bond motifs is 1. The second kappa shape index (κ2) is 7.00. The van der Waals surface area contributed by atoms with Crippen molar-refractivity contribution < 1.29 is 14.3 Å². The number of anilines is 1. The van der Waals surface area contributed by atoms with E-state index >= 15 is 0 Å². The van der Waals surface area contributed by atoms with Crippen LogP contribution >= 0.6 is 11.3 Å². The Morgan fingerprint density at radius 2 is 2.21 bits per heavy atom. The highest BCUT2D eigenvalue weighted by Gasteiger charge is 2.22. The van der Waals surface area contributed by atoms with Crippen LogP contribution in [0.15, 0.2) is 23.6 Å². The summed E-state index contributed by atoms with van der Waals surface area (Å²) < 4.78 is 5.25. The zero-order valence-electron chi connectivity index (χ0n) is 13.7. The van der Waals surface area contributed by atoms with Gasteiger partial charge in [-0.1, -0.05) is 6.07 Å². The number of carbonyl (C=O) groups is 2. The first-order chi connectivity index (χ1) is 11.5. The summed E-state index contributed by atoms with van der Waals surface area (Å²) in [6.07, 6.45) is 1.08. The Bertz CT molecular complexity index is 772. The molecule has 0 fully saturated rings. The molecule has 0 saturated carbocycles. The number of nitrogens with one attached hydrogen (secondary N) is 1. The van der Waals surface area contributed by atoms with Gasteiger partial charge in [-0.05, 0) is 29.7 Å². The van der Waals surface area contributed by atoms with Gasteiger partial charge in [-0.25, -0.2) is 4.98 Å². The topological polar surface area (TPSA) is 71.5 Å². The molecule has 7 heteroatoms. The van der Waals surface area contributed by atoms with Crippen LogP contribution in [0.5, 0.6) is 5.75 Å². The molecule has 0 bridgehead atoms. The number of thiazole rings is 1. The van der Waals surface area contributed by atoms with Gasteiger partial charge in [0.15, 0.2) is 5.13 Å². The predicted molar refractivity (Wildman–Crippen MR) is 92.2 cm³/mol. The maximum atomic E-state index is 12.5. The van der Waals surface area contributed by atoms with Crippen molar-refractivity contribution in [2.75, 3.05) is 19.0 Å². The highest BCUT2D eigenvalue weighted by atomic mass is 32.1. The first-order valence-electron chi connectivity index (χ1n) is 7.70. The third kappa shape index (κ3) is 3.73. The molecule has 0 aliphatic carbocycles. The first kappa shape index (κ1) is 16.4. The van der Waals surface area contributed by atoms with Gasteiger partial charge in [0.1, 0.15) is 5.75 Å². The molecule has 0 atom stereocenters. The van der Waals surface area contributed by atoms with Crippen LogP contribution < -0.4 is 10.1 Å². The fourth-order valence-electron chi connectivity index (χ4n) is 2.73. The van der Waals surface area contributed by atoms with Crippen molar-refractivity contribution in [1.29, 1.82) is 0 Å². The number of benzene rings is 1. The average molecular weight is 345 g/mol. The zero-order valence-corrected chi connectivity index (χ0v) is 14.5. The number of hydrogen-bond donors (Lipinski definition) is 1. The highest BCUT2D eigenvalue weighted by Crippen LogP contribution is 2.24. The molecule has 0 spiro atoms. The molecule has 1 aromatic heterocycles. The van der Waals surface area contributed by atoms with Gasteiger partial charge in [0, 0.05) is 25.4 Å². The number of methoxy groups -OCH3 is 1. The molecule has 0 unspecified atom stereocenters. The second-order valence-corrected chi connectivity index (χ2v) is 6.56. The SMILES string of the molecule is COc1ccc2c(c1)CCN(C(=O)Cc1csc(NC(C)=O)n1)C2. The van der Waals surface area contributed by atoms with E-state index in [-0.39, 0.29) is 18.2 Å². The maximum absolute atomic E-state index is 12.5. The predicted octanol–water partition coefficient (Wildman–Crippen LogP) is 2.24. The first-order valence-corrected chi connectivity index (χ1v) is 8.58. The summed E-state index contributed by atoms with van der Waals surface area (Å²) in [4.78, 5) is 29.7. The van der Waals surface area contributed by atoms with Crippen LogP contribution in [0.2, 0.25) is 0 Å². The van der Waals surface area contributed by atoms with Crippen molar-refractivity contribution in [2.45, 2.75) is 26.3 Å². The van der Waals surface area contributed by atoms with E-state index in [4.69, 9.17) is 4.74 Å². The third-order valence-electron chi connectivity index (χ3n) is 3.95. The summed E-state index contributed by atoms with van der Waals surface area (Å²) in [5, 5.41) is 4.97. The number of aromatic nitrogens is 1. The lowest BCUT2D eigenvalue weighted by Crippen LogP contribution is -2.37. The van der Waals surface area contributed by atoms with E-state index in [0.717, 1.165) is 17.7 Å². The van der Waals surface area contributed by atoms with Gasteiger partial charge in [-0.3, -0.25) is 9.59 Å². The summed E-state index contributed by atoms with van der Waals surface area (Å²) in [5.74, 6) is 0.739. The van der Waals surface area contributed by atoms with Gasteiger partial charge >= 0.3 is 0 Å². The van der Waals surface area contributed by atoms with E-state index in [1.54, 1.807) is 7.11 Å². The van der Waals surface area contributed by atoms with Gasteiger partial charge in [0.05, 0.1) is 19.2 Å². The van der Waals surface area contributed by atoms with Crippen LogP contribution in [0.3, 0.4) is 0 Å². The van der Waals surface area contributed by atoms with Crippen LogP contribution in [0, 0.1) is 0 Å². The monoisotopic (exact) mass is 345 g/mol. The molecule has 3 rings (SSSR count). The van der Waals surface area contributed by atoms with Crippen molar-refractivity contribution in [3.05, 3.63) is 40.4 Å². The number of amides is 2. The van der Waals surface area contributed by atoms with Crippen molar-refractivity contribution in [3.63, 3.8) is 0 Å². The summed E-state index contributed by atoms with van der Waals surface area (Å²) in [7, 11) is 1.66. The molecule has 1 aliphatic rings. The summed E-state index contributed by atoms with van der Waals surface area (Å²) in [5.41, 5.74) is 3.09. The Labute approximate surface area is 144 Å². The lowest BCUT2D eigenvalue weighted by Gasteiger charge is -2.29. The van der Waals surface area contributed by atoms with E-state index in [9.17, 15) is 9.59 Å². The van der Waals surface area contributed by atoms with E-state index in [2.05, 4.69) is 10.3 Å². The molecule has 0 saturated heterocycles. The van der Waals surface area contributed by atoms with Crippen LogP contribution in [-0.4, -0.2) is 35.4 Å². The smallest absolute Gasteiger partial charge is 0.228 e. The minimum atomic E-state index is -0.162. The maximum Gasteiger partial charge on any atom is 0.228 e. The van der Waals surface area contributed by atoms with Crippen molar-refractivity contribution in [1.82, 2.24) is 9.88 Å². The van der Waals surface area contributed by atoms with Crippen LogP contribution in [0.1, 0.15) is 23.7 Å². The summed E-state index contributed by atoms with van der Waals surface area (Å²) in [6.45, 7) is 2.74. The molecular weight excluding hydrogens is 326 g/mol. The molecule has 1 aliphatic heterocycles. The Balaban J connectivity index is 1.63. The number of nitrogens with zero attached hydrogens (tertiary/aromatic N) is 2. The van der Waals surface area contributed by atoms with E-state index < -0.39 is 0 Å². The number of hydrogen-bond acceptors (Lipinski definition) is 5. The quantitative estimate of drug-likeness (QED) is 0.922. The number of rotatable bonds is 4. The Hall–Kier alpha value is -2.41. The highest BCUT2D eigenvalue weighted by molar-refractivity contribution is 7.13. The average Bonchev–Trinajstić information content (AvgIpc) is 2.99. The zero-order chi connectivity index (χ0) is 17.1. The molecule has 24 heavy (non-hydrogen) atoms. The van der Waals surface area contributed by atoms with Gasteiger partial charge in [0.25, 0.3) is 0 Å². The fourth-order valence-corrected chi connectivity index (χ4v) is 3.49. The molecular formula is C17H19N3O3S. The lowest BCUT2D eigenvalue weighted by atomic mass is 9.99. The van der Waals surface area contributed by atoms with E-state index in [0.29, 0.717) is 23.9 Å². The Morgan fingerprint density at radius 3 is 2.96 bits per heavy atom. The minimum Gasteiger partial charge on any atom is -0.497 e. The fraction of sp³-hybridized carbons (Fsp3) is 0.353. The summed E-state index contributed by atoms with van der Waals surface area (Å²) in [6, 6.07) is 5.98. The van der Waals surface area contributed by atoms with E-state index in [1.165, 1.54) is 23.8 Å². The largest absolute Gasteiger partial charge is 0.497 e. The molecule has 1 N–H and O–H groups in total. The van der Waals surface area contributed by atoms with Crippen LogP contribution in [0.25, 0.3) is 0 Å². The summed E-state index contributed by atoms with van der Waals surface area (Å²) >= 11 is 1.33. The van der Waals surface area contributed by atoms with Crippen molar-refractivity contribution in [3.8, 4) is 5.75 Å². The molecule has 2 heterocycles. The minimum absolute atomic E-state index is 0.0520.